The molecule has 0 aliphatic carbocycles. The number of carbonyl (C=O) groups is 1. The van der Waals surface area contributed by atoms with Crippen LogP contribution in [0.1, 0.15) is 30.4 Å². The maximum absolute atomic E-state index is 12.0. The number of piperidine rings is 1. The number of hydrogen-bond acceptors (Lipinski definition) is 4. The Morgan fingerprint density at radius 1 is 1.45 bits per heavy atom. The third-order valence-corrected chi connectivity index (χ3v) is 3.81. The fourth-order valence-electron chi connectivity index (χ4n) is 2.85. The summed E-state index contributed by atoms with van der Waals surface area (Å²) in [7, 11) is 3.63. The molecule has 2 N–H and O–H groups in total. The average molecular weight is 276 g/mol. The molecule has 0 radical (unpaired) electrons. The Bertz CT molecular complexity index is 475. The van der Waals surface area contributed by atoms with Crippen LogP contribution in [0.2, 0.25) is 0 Å². The van der Waals surface area contributed by atoms with Crippen LogP contribution in [0.4, 0.5) is 5.82 Å². The number of anilines is 1. The second-order valence-electron chi connectivity index (χ2n) is 5.33. The number of carbonyl (C=O) groups excluding carboxylic acids is 1. The molecule has 1 saturated heterocycles. The van der Waals surface area contributed by atoms with Crippen molar-refractivity contribution in [1.29, 1.82) is 0 Å². The number of hydrogen-bond donors (Lipinski definition) is 2. The first-order valence-electron chi connectivity index (χ1n) is 7.25. The van der Waals surface area contributed by atoms with Crippen LogP contribution in [0, 0.1) is 6.92 Å². The lowest BCUT2D eigenvalue weighted by atomic mass is 10.0. The first-order valence-corrected chi connectivity index (χ1v) is 7.25. The topological polar surface area (TPSA) is 57.3 Å². The van der Waals surface area contributed by atoms with Crippen LogP contribution in [0.5, 0.6) is 0 Å². The Hall–Kier alpha value is -1.62. The van der Waals surface area contributed by atoms with Gasteiger partial charge >= 0.3 is 0 Å². The summed E-state index contributed by atoms with van der Waals surface area (Å²) in [4.78, 5) is 18.8. The minimum Gasteiger partial charge on any atom is -0.357 e. The van der Waals surface area contributed by atoms with Gasteiger partial charge in [-0.15, -0.1) is 0 Å². The van der Waals surface area contributed by atoms with Gasteiger partial charge in [0.15, 0.2) is 0 Å². The number of nitrogens with one attached hydrogen (secondary N) is 2. The van der Waals surface area contributed by atoms with Crippen molar-refractivity contribution in [1.82, 2.24) is 15.6 Å². The number of amides is 1. The maximum atomic E-state index is 12.0. The zero-order valence-electron chi connectivity index (χ0n) is 12.6. The molecule has 1 aromatic rings. The van der Waals surface area contributed by atoms with Gasteiger partial charge < -0.3 is 15.5 Å². The second kappa shape index (κ2) is 6.70. The highest BCUT2D eigenvalue weighted by molar-refractivity contribution is 5.85. The Morgan fingerprint density at radius 3 is 2.90 bits per heavy atom. The number of aryl methyl sites for hydroxylation is 1. The molecular formula is C15H24N4O. The number of aromatic nitrogens is 1. The molecule has 1 aliphatic rings. The second-order valence-corrected chi connectivity index (χ2v) is 5.33. The lowest BCUT2D eigenvalue weighted by Gasteiger charge is -2.36. The number of likely N-dealkylation sites (N-methyl/N-ethyl adjacent to an activating group) is 1. The van der Waals surface area contributed by atoms with Gasteiger partial charge in [-0.2, -0.15) is 0 Å². The van der Waals surface area contributed by atoms with E-state index in [0.717, 1.165) is 43.7 Å². The molecule has 5 heteroatoms. The van der Waals surface area contributed by atoms with Crippen LogP contribution < -0.4 is 15.5 Å². The highest BCUT2D eigenvalue weighted by atomic mass is 16.2. The van der Waals surface area contributed by atoms with Crippen molar-refractivity contribution in [2.75, 3.05) is 25.5 Å². The molecular weight excluding hydrogens is 252 g/mol. The summed E-state index contributed by atoms with van der Waals surface area (Å²) in [6.45, 7) is 3.78. The number of pyridine rings is 1. The summed E-state index contributed by atoms with van der Waals surface area (Å²) in [5.41, 5.74) is 2.30. The molecule has 20 heavy (non-hydrogen) atoms. The maximum Gasteiger partial charge on any atom is 0.242 e. The molecule has 1 unspecified atom stereocenters. The van der Waals surface area contributed by atoms with Gasteiger partial charge in [0.1, 0.15) is 11.9 Å². The van der Waals surface area contributed by atoms with Crippen molar-refractivity contribution < 1.29 is 4.79 Å². The molecule has 110 valence electrons. The third kappa shape index (κ3) is 3.10. The Labute approximate surface area is 120 Å². The van der Waals surface area contributed by atoms with Gasteiger partial charge in [-0.25, -0.2) is 4.98 Å². The minimum absolute atomic E-state index is 0.0879. The van der Waals surface area contributed by atoms with Crippen molar-refractivity contribution >= 4 is 11.7 Å². The molecule has 1 atom stereocenters. The van der Waals surface area contributed by atoms with Crippen LogP contribution in [0.15, 0.2) is 12.3 Å². The summed E-state index contributed by atoms with van der Waals surface area (Å²) in [6.07, 6.45) is 5.02. The molecule has 0 bridgehead atoms. The molecule has 1 aromatic heterocycles. The van der Waals surface area contributed by atoms with Crippen LogP contribution in [0.25, 0.3) is 0 Å². The van der Waals surface area contributed by atoms with Gasteiger partial charge in [0.25, 0.3) is 0 Å². The van der Waals surface area contributed by atoms with Gasteiger partial charge in [0.2, 0.25) is 5.91 Å². The third-order valence-electron chi connectivity index (χ3n) is 3.81. The van der Waals surface area contributed by atoms with E-state index in [0.29, 0.717) is 0 Å². The van der Waals surface area contributed by atoms with Crippen LogP contribution in [-0.2, 0) is 11.3 Å². The zero-order chi connectivity index (χ0) is 14.5. The van der Waals surface area contributed by atoms with Gasteiger partial charge in [0.05, 0.1) is 0 Å². The summed E-state index contributed by atoms with van der Waals surface area (Å²) in [5.74, 6) is 1.03. The van der Waals surface area contributed by atoms with Crippen LogP contribution >= 0.6 is 0 Å². The Morgan fingerprint density at radius 2 is 2.25 bits per heavy atom. The van der Waals surface area contributed by atoms with Crippen LogP contribution in [-0.4, -0.2) is 37.6 Å². The fraction of sp³-hybridized carbons (Fsp3) is 0.600. The lowest BCUT2D eigenvalue weighted by molar-refractivity contribution is -0.122. The van der Waals surface area contributed by atoms with Crippen LogP contribution in [0.3, 0.4) is 0 Å². The highest BCUT2D eigenvalue weighted by Gasteiger charge is 2.29. The smallest absolute Gasteiger partial charge is 0.242 e. The number of nitrogens with zero attached hydrogens (tertiary/aromatic N) is 2. The van der Waals surface area contributed by atoms with E-state index in [4.69, 9.17) is 0 Å². The fourth-order valence-corrected chi connectivity index (χ4v) is 2.85. The Balaban J connectivity index is 2.25. The molecule has 2 heterocycles. The van der Waals surface area contributed by atoms with Crippen molar-refractivity contribution in [3.63, 3.8) is 0 Å². The number of rotatable bonds is 4. The standard InChI is InChI=1S/C15H24N4O/c1-11-8-12(9-16-2)10-18-14(11)19-7-5-4-6-13(19)15(20)17-3/h8,10,13,16H,4-7,9H2,1-3H3,(H,17,20). The summed E-state index contributed by atoms with van der Waals surface area (Å²) < 4.78 is 0. The summed E-state index contributed by atoms with van der Waals surface area (Å²) in [6, 6.07) is 2.06. The van der Waals surface area contributed by atoms with Gasteiger partial charge in [0, 0.05) is 26.3 Å². The molecule has 1 fully saturated rings. The van der Waals surface area contributed by atoms with E-state index in [9.17, 15) is 4.79 Å². The van der Waals surface area contributed by atoms with E-state index < -0.39 is 0 Å². The Kier molecular flexibility index (Phi) is 4.95. The molecule has 0 saturated carbocycles. The van der Waals surface area contributed by atoms with E-state index >= 15 is 0 Å². The average Bonchev–Trinajstić information content (AvgIpc) is 2.47. The van der Waals surface area contributed by atoms with E-state index in [1.807, 2.05) is 13.2 Å². The molecule has 0 aromatic carbocycles. The summed E-state index contributed by atoms with van der Waals surface area (Å²) >= 11 is 0. The normalized spacial score (nSPS) is 18.9. The van der Waals surface area contributed by atoms with Gasteiger partial charge in [-0.1, -0.05) is 0 Å². The lowest BCUT2D eigenvalue weighted by Crippen LogP contribution is -2.49. The zero-order valence-corrected chi connectivity index (χ0v) is 12.6. The predicted octanol–water partition coefficient (Wildman–Crippen LogP) is 1.21. The summed E-state index contributed by atoms with van der Waals surface area (Å²) in [5, 5.41) is 5.90. The van der Waals surface area contributed by atoms with Gasteiger partial charge in [-0.3, -0.25) is 4.79 Å². The molecule has 2 rings (SSSR count). The van der Waals surface area contributed by atoms with Crippen molar-refractivity contribution in [2.24, 2.45) is 0 Å². The highest BCUT2D eigenvalue weighted by Crippen LogP contribution is 2.26. The van der Waals surface area contributed by atoms with Gasteiger partial charge in [-0.05, 0) is 50.4 Å². The molecule has 0 spiro atoms. The van der Waals surface area contributed by atoms with Crippen molar-refractivity contribution in [2.45, 2.75) is 38.8 Å². The van der Waals surface area contributed by atoms with E-state index in [1.54, 1.807) is 7.05 Å². The van der Waals surface area contributed by atoms with E-state index in [-0.39, 0.29) is 11.9 Å². The SMILES string of the molecule is CNCc1cnc(N2CCCCC2C(=O)NC)c(C)c1. The molecule has 1 amide bonds. The van der Waals surface area contributed by atoms with Crippen molar-refractivity contribution in [3.8, 4) is 0 Å². The monoisotopic (exact) mass is 276 g/mol. The first-order chi connectivity index (χ1) is 9.67. The predicted molar refractivity (Wildman–Crippen MR) is 80.8 cm³/mol. The van der Waals surface area contributed by atoms with Crippen molar-refractivity contribution in [3.05, 3.63) is 23.4 Å². The quantitative estimate of drug-likeness (QED) is 0.868. The largest absolute Gasteiger partial charge is 0.357 e. The first kappa shape index (κ1) is 14.8. The van der Waals surface area contributed by atoms with E-state index in [1.165, 1.54) is 5.56 Å². The van der Waals surface area contributed by atoms with E-state index in [2.05, 4.69) is 33.5 Å². The molecule has 5 nitrogen and oxygen atoms in total. The molecule has 1 aliphatic heterocycles. The minimum atomic E-state index is -0.0879.